The summed E-state index contributed by atoms with van der Waals surface area (Å²) < 4.78 is 4.73. The fraction of sp³-hybridized carbons (Fsp3) is 0.0526. The lowest BCUT2D eigenvalue weighted by atomic mass is 10.0. The zero-order valence-corrected chi connectivity index (χ0v) is 14.0. The minimum Gasteiger partial charge on any atom is -0.465 e. The van der Waals surface area contributed by atoms with Crippen molar-refractivity contribution in [3.8, 4) is 11.1 Å². The molecule has 7 heteroatoms. The van der Waals surface area contributed by atoms with Crippen molar-refractivity contribution < 1.29 is 14.3 Å². The number of pyridine rings is 2. The Balaban J connectivity index is 1.93. The van der Waals surface area contributed by atoms with Crippen LogP contribution in [0.5, 0.6) is 0 Å². The van der Waals surface area contributed by atoms with E-state index in [-0.39, 0.29) is 17.3 Å². The van der Waals surface area contributed by atoms with E-state index in [9.17, 15) is 9.59 Å². The molecule has 2 aromatic heterocycles. The highest BCUT2D eigenvalue weighted by atomic mass is 16.5. The number of carbonyl (C=O) groups is 2. The number of ether oxygens (including phenoxy) is 1. The highest BCUT2D eigenvalue weighted by Crippen LogP contribution is 2.24. The summed E-state index contributed by atoms with van der Waals surface area (Å²) >= 11 is 0. The number of esters is 1. The van der Waals surface area contributed by atoms with Crippen LogP contribution >= 0.6 is 0 Å². The van der Waals surface area contributed by atoms with Gasteiger partial charge in [-0.25, -0.2) is 9.78 Å². The number of hydrogen-bond donors (Lipinski definition) is 2. The molecule has 0 saturated heterocycles. The highest BCUT2D eigenvalue weighted by molar-refractivity contribution is 6.07. The normalized spacial score (nSPS) is 10.2. The molecule has 0 atom stereocenters. The summed E-state index contributed by atoms with van der Waals surface area (Å²) in [4.78, 5) is 32.2. The second-order valence-corrected chi connectivity index (χ2v) is 5.42. The number of anilines is 2. The topological polar surface area (TPSA) is 107 Å². The molecule has 0 aliphatic carbocycles. The first-order valence-electron chi connectivity index (χ1n) is 7.74. The Hall–Kier alpha value is -3.74. The molecule has 0 bridgehead atoms. The van der Waals surface area contributed by atoms with Gasteiger partial charge in [0.2, 0.25) is 0 Å². The van der Waals surface area contributed by atoms with Crippen LogP contribution in [0.2, 0.25) is 0 Å². The monoisotopic (exact) mass is 348 g/mol. The first kappa shape index (κ1) is 17.1. The maximum Gasteiger partial charge on any atom is 0.337 e. The van der Waals surface area contributed by atoms with Gasteiger partial charge in [0.05, 0.1) is 18.2 Å². The average Bonchev–Trinajstić information content (AvgIpc) is 2.68. The van der Waals surface area contributed by atoms with Crippen LogP contribution in [0.3, 0.4) is 0 Å². The smallest absolute Gasteiger partial charge is 0.337 e. The molecule has 3 N–H and O–H groups in total. The fourth-order valence-electron chi connectivity index (χ4n) is 2.39. The number of nitrogen functional groups attached to an aromatic ring is 1. The summed E-state index contributed by atoms with van der Waals surface area (Å²) in [6.45, 7) is 0. The predicted molar refractivity (Wildman–Crippen MR) is 97.6 cm³/mol. The summed E-state index contributed by atoms with van der Waals surface area (Å²) in [7, 11) is 1.32. The molecule has 0 spiro atoms. The zero-order chi connectivity index (χ0) is 18.5. The van der Waals surface area contributed by atoms with Crippen LogP contribution in [-0.4, -0.2) is 29.0 Å². The number of hydrogen-bond acceptors (Lipinski definition) is 6. The Morgan fingerprint density at radius 1 is 1.08 bits per heavy atom. The summed E-state index contributed by atoms with van der Waals surface area (Å²) in [5.74, 6) is -0.706. The number of nitrogens with two attached hydrogens (primary N) is 1. The largest absolute Gasteiger partial charge is 0.465 e. The van der Waals surface area contributed by atoms with E-state index in [2.05, 4.69) is 15.3 Å². The Bertz CT molecular complexity index is 958. The highest BCUT2D eigenvalue weighted by Gasteiger charge is 2.14. The molecule has 1 amide bonds. The lowest BCUT2D eigenvalue weighted by Gasteiger charge is -2.10. The zero-order valence-electron chi connectivity index (χ0n) is 14.0. The Morgan fingerprint density at radius 3 is 2.58 bits per heavy atom. The molecule has 26 heavy (non-hydrogen) atoms. The van der Waals surface area contributed by atoms with E-state index in [4.69, 9.17) is 10.5 Å². The van der Waals surface area contributed by atoms with E-state index >= 15 is 0 Å². The quantitative estimate of drug-likeness (QED) is 0.702. The van der Waals surface area contributed by atoms with Crippen molar-refractivity contribution in [1.29, 1.82) is 0 Å². The molecule has 0 fully saturated rings. The number of amides is 1. The molecule has 3 rings (SSSR count). The number of methoxy groups -OCH3 is 1. The van der Waals surface area contributed by atoms with Crippen LogP contribution in [0.15, 0.2) is 61.1 Å². The van der Waals surface area contributed by atoms with Gasteiger partial charge in [-0.15, -0.1) is 0 Å². The van der Waals surface area contributed by atoms with Gasteiger partial charge >= 0.3 is 5.97 Å². The molecule has 0 unspecified atom stereocenters. The van der Waals surface area contributed by atoms with Crippen molar-refractivity contribution in [2.24, 2.45) is 0 Å². The minimum atomic E-state index is -0.439. The number of rotatable bonds is 4. The number of benzene rings is 1. The molecule has 0 aliphatic rings. The van der Waals surface area contributed by atoms with E-state index in [0.717, 1.165) is 5.56 Å². The minimum absolute atomic E-state index is 0.115. The summed E-state index contributed by atoms with van der Waals surface area (Å²) in [5, 5.41) is 2.74. The van der Waals surface area contributed by atoms with Crippen molar-refractivity contribution in [1.82, 2.24) is 9.97 Å². The standard InChI is InChI=1S/C19H16N4O3/c1-26-19(25)13-4-2-3-12(9-13)14-10-16(17(20)22-11-14)18(24)23-15-5-7-21-8-6-15/h2-11H,1H3,(H2,20,22)(H,21,23,24). The van der Waals surface area contributed by atoms with E-state index in [0.29, 0.717) is 16.8 Å². The molecule has 130 valence electrons. The molecule has 3 aromatic rings. The SMILES string of the molecule is COC(=O)c1cccc(-c2cnc(N)c(C(=O)Nc3ccncc3)c2)c1. The second kappa shape index (κ2) is 7.43. The van der Waals surface area contributed by atoms with Crippen molar-refractivity contribution in [2.75, 3.05) is 18.2 Å². The molecular weight excluding hydrogens is 332 g/mol. The van der Waals surface area contributed by atoms with Gasteiger partial charge in [-0.1, -0.05) is 12.1 Å². The third kappa shape index (κ3) is 3.67. The van der Waals surface area contributed by atoms with Crippen LogP contribution in [0.4, 0.5) is 11.5 Å². The van der Waals surface area contributed by atoms with Crippen LogP contribution in [0.1, 0.15) is 20.7 Å². The third-order valence-electron chi connectivity index (χ3n) is 3.72. The van der Waals surface area contributed by atoms with Gasteiger partial charge in [-0.2, -0.15) is 0 Å². The van der Waals surface area contributed by atoms with Crippen molar-refractivity contribution in [3.05, 3.63) is 72.2 Å². The maximum absolute atomic E-state index is 12.5. The summed E-state index contributed by atoms with van der Waals surface area (Å²) in [5.41, 5.74) is 8.49. The first-order valence-corrected chi connectivity index (χ1v) is 7.74. The molecular formula is C19H16N4O3. The first-order chi connectivity index (χ1) is 12.6. The van der Waals surface area contributed by atoms with Crippen LogP contribution in [-0.2, 0) is 4.74 Å². The van der Waals surface area contributed by atoms with Crippen molar-refractivity contribution in [3.63, 3.8) is 0 Å². The van der Waals surface area contributed by atoms with E-state index in [1.54, 1.807) is 55.0 Å². The van der Waals surface area contributed by atoms with Crippen molar-refractivity contribution in [2.45, 2.75) is 0 Å². The Morgan fingerprint density at radius 2 is 1.85 bits per heavy atom. The summed E-state index contributed by atoms with van der Waals surface area (Å²) in [6.07, 6.45) is 4.70. The van der Waals surface area contributed by atoms with Crippen LogP contribution in [0, 0.1) is 0 Å². The summed E-state index contributed by atoms with van der Waals surface area (Å²) in [6, 6.07) is 11.8. The van der Waals surface area contributed by atoms with Crippen LogP contribution in [0.25, 0.3) is 11.1 Å². The molecule has 0 radical (unpaired) electrons. The lowest BCUT2D eigenvalue weighted by molar-refractivity contribution is 0.0600. The molecule has 1 aromatic carbocycles. The number of aromatic nitrogens is 2. The Kier molecular flexibility index (Phi) is 4.89. The van der Waals surface area contributed by atoms with Gasteiger partial charge in [0.1, 0.15) is 5.82 Å². The second-order valence-electron chi connectivity index (χ2n) is 5.42. The molecule has 0 aliphatic heterocycles. The number of carbonyl (C=O) groups excluding carboxylic acids is 2. The fourth-order valence-corrected chi connectivity index (χ4v) is 2.39. The van der Waals surface area contributed by atoms with Crippen LogP contribution < -0.4 is 11.1 Å². The molecule has 7 nitrogen and oxygen atoms in total. The van der Waals surface area contributed by atoms with Gasteiger partial charge in [0.15, 0.2) is 0 Å². The van der Waals surface area contributed by atoms with Gasteiger partial charge in [-0.3, -0.25) is 9.78 Å². The van der Waals surface area contributed by atoms with Gasteiger partial charge in [0.25, 0.3) is 5.91 Å². The number of nitrogens with one attached hydrogen (secondary N) is 1. The average molecular weight is 348 g/mol. The molecule has 0 saturated carbocycles. The predicted octanol–water partition coefficient (Wildman–Crippen LogP) is 2.76. The van der Waals surface area contributed by atoms with Gasteiger partial charge in [0, 0.05) is 29.8 Å². The van der Waals surface area contributed by atoms with Crippen molar-refractivity contribution >= 4 is 23.4 Å². The molecule has 2 heterocycles. The van der Waals surface area contributed by atoms with E-state index < -0.39 is 5.97 Å². The lowest BCUT2D eigenvalue weighted by Crippen LogP contribution is -2.15. The van der Waals surface area contributed by atoms with E-state index in [1.807, 2.05) is 6.07 Å². The van der Waals surface area contributed by atoms with Gasteiger partial charge < -0.3 is 15.8 Å². The third-order valence-corrected chi connectivity index (χ3v) is 3.72. The van der Waals surface area contributed by atoms with E-state index in [1.165, 1.54) is 7.11 Å². The Labute approximate surface area is 149 Å². The maximum atomic E-state index is 12.5. The van der Waals surface area contributed by atoms with Gasteiger partial charge in [-0.05, 0) is 35.9 Å². The number of nitrogens with zero attached hydrogens (tertiary/aromatic N) is 2.